The van der Waals surface area contributed by atoms with E-state index >= 15 is 0 Å². The Bertz CT molecular complexity index is 3930. The Morgan fingerprint density at radius 3 is 1.74 bits per heavy atom. The Balaban J connectivity index is 1.02. The molecule has 7 heteroatoms. The number of hydrogen-bond donors (Lipinski definition) is 0. The third-order valence-electron chi connectivity index (χ3n) is 13.3. The molecule has 0 spiro atoms. The van der Waals surface area contributed by atoms with Gasteiger partial charge in [-0.05, 0) is 75.3 Å². The molecule has 0 N–H and O–H groups in total. The minimum absolute atomic E-state index is 0.812. The van der Waals surface area contributed by atoms with E-state index in [0.29, 0.717) is 0 Å². The molecule has 14 aromatic rings. The second-order valence-electron chi connectivity index (χ2n) is 16.7. The summed E-state index contributed by atoms with van der Waals surface area (Å²) in [5, 5.41) is 14.5. The van der Waals surface area contributed by atoms with Crippen LogP contribution in [0.3, 0.4) is 0 Å². The standard InChI is InChI=1S/C58H34N2O2S2Si/c1-3-13-37(14-4-1)65(38-15-5-2-6-16-38,51-23-11-19-41-45-33-36(25-27-48(45)61-55(41)51)54-58-44(30-32-60-54)40-18-8-10-22-49(40)64-58)52-24-12-20-43-46-34-35(26-28-50(46)63-57(43)52)53-56-42(29-31-59-53)39-17-7-9-21-47(39)62-56/h1-34H. The topological polar surface area (TPSA) is 52.1 Å². The lowest BCUT2D eigenvalue weighted by molar-refractivity contribution is 0.668. The van der Waals surface area contributed by atoms with Gasteiger partial charge in [0.15, 0.2) is 13.7 Å². The van der Waals surface area contributed by atoms with Gasteiger partial charge in [0.2, 0.25) is 0 Å². The third kappa shape index (κ3) is 5.34. The zero-order valence-electron chi connectivity index (χ0n) is 34.7. The van der Waals surface area contributed by atoms with Crippen molar-refractivity contribution in [3.8, 4) is 22.5 Å². The Kier molecular flexibility index (Phi) is 8.01. The molecule has 0 aliphatic rings. The number of furan rings is 2. The summed E-state index contributed by atoms with van der Waals surface area (Å²) in [6.07, 6.45) is 3.84. The average molecular weight is 883 g/mol. The zero-order valence-corrected chi connectivity index (χ0v) is 37.3. The SMILES string of the molecule is c1ccc([Si](c2ccccc2)(c2cccc3c2oc2ccc(-c4nccc5c4sc4ccccc45)cc23)c2cccc3c2sc2ccc(-c4nccc5c4oc4ccccc45)cc23)cc1. The van der Waals surface area contributed by atoms with E-state index in [0.717, 1.165) is 66.4 Å². The summed E-state index contributed by atoms with van der Waals surface area (Å²) in [5.74, 6) is 0. The molecule has 0 unspecified atom stereocenters. The molecule has 0 amide bonds. The van der Waals surface area contributed by atoms with Gasteiger partial charge in [-0.15, -0.1) is 22.7 Å². The van der Waals surface area contributed by atoms with Gasteiger partial charge >= 0.3 is 0 Å². The van der Waals surface area contributed by atoms with E-state index in [1.807, 2.05) is 47.2 Å². The monoisotopic (exact) mass is 882 g/mol. The van der Waals surface area contributed by atoms with Crippen LogP contribution in [0.1, 0.15) is 0 Å². The second-order valence-corrected chi connectivity index (χ2v) is 22.6. The van der Waals surface area contributed by atoms with E-state index in [1.54, 1.807) is 0 Å². The largest absolute Gasteiger partial charge is 0.456 e. The van der Waals surface area contributed by atoms with Gasteiger partial charge in [-0.25, -0.2) is 0 Å². The van der Waals surface area contributed by atoms with Crippen LogP contribution < -0.4 is 20.7 Å². The van der Waals surface area contributed by atoms with Crippen LogP contribution in [-0.2, 0) is 0 Å². The van der Waals surface area contributed by atoms with E-state index in [4.69, 9.17) is 18.8 Å². The highest BCUT2D eigenvalue weighted by molar-refractivity contribution is 7.31. The molecule has 0 aliphatic carbocycles. The van der Waals surface area contributed by atoms with Gasteiger partial charge in [0.25, 0.3) is 0 Å². The minimum Gasteiger partial charge on any atom is -0.456 e. The first-order valence-electron chi connectivity index (χ1n) is 21.8. The highest BCUT2D eigenvalue weighted by atomic mass is 32.1. The van der Waals surface area contributed by atoms with E-state index in [1.165, 1.54) is 61.1 Å². The number of hydrogen-bond acceptors (Lipinski definition) is 6. The number of fused-ring (bicyclic) bond motifs is 12. The van der Waals surface area contributed by atoms with E-state index in [2.05, 4.69) is 182 Å². The van der Waals surface area contributed by atoms with Gasteiger partial charge in [-0.3, -0.25) is 9.97 Å². The van der Waals surface area contributed by atoms with Gasteiger partial charge in [-0.2, -0.15) is 0 Å². The van der Waals surface area contributed by atoms with Crippen molar-refractivity contribution in [1.82, 2.24) is 9.97 Å². The van der Waals surface area contributed by atoms with Gasteiger partial charge < -0.3 is 8.83 Å². The summed E-state index contributed by atoms with van der Waals surface area (Å²) in [5.41, 5.74) is 7.44. The fourth-order valence-electron chi connectivity index (χ4n) is 10.5. The molecule has 0 bridgehead atoms. The molecule has 14 rings (SSSR count). The van der Waals surface area contributed by atoms with Crippen molar-refractivity contribution < 1.29 is 8.83 Å². The van der Waals surface area contributed by atoms with Crippen molar-refractivity contribution in [2.45, 2.75) is 0 Å². The Morgan fingerprint density at radius 2 is 0.908 bits per heavy atom. The maximum Gasteiger partial charge on any atom is 0.185 e. The van der Waals surface area contributed by atoms with Crippen molar-refractivity contribution in [3.05, 3.63) is 207 Å². The predicted molar refractivity (Wildman–Crippen MR) is 277 cm³/mol. The van der Waals surface area contributed by atoms with Crippen molar-refractivity contribution in [1.29, 1.82) is 0 Å². The molecule has 0 radical (unpaired) electrons. The predicted octanol–water partition coefficient (Wildman–Crippen LogP) is 13.7. The number of para-hydroxylation sites is 2. The second kappa shape index (κ2) is 14.2. The van der Waals surface area contributed by atoms with Crippen LogP contribution in [-0.4, -0.2) is 18.0 Å². The molecule has 0 aliphatic heterocycles. The smallest absolute Gasteiger partial charge is 0.185 e. The van der Waals surface area contributed by atoms with Crippen LogP contribution in [0.2, 0.25) is 0 Å². The first-order valence-corrected chi connectivity index (χ1v) is 25.4. The maximum atomic E-state index is 7.18. The van der Waals surface area contributed by atoms with E-state index in [-0.39, 0.29) is 0 Å². The van der Waals surface area contributed by atoms with Gasteiger partial charge in [0, 0.05) is 80.7 Å². The lowest BCUT2D eigenvalue weighted by atomic mass is 10.0. The highest BCUT2D eigenvalue weighted by Crippen LogP contribution is 2.42. The lowest BCUT2D eigenvalue weighted by Gasteiger charge is -2.34. The van der Waals surface area contributed by atoms with Crippen LogP contribution >= 0.6 is 22.7 Å². The first kappa shape index (κ1) is 36.8. The molecule has 0 fully saturated rings. The van der Waals surface area contributed by atoms with Crippen molar-refractivity contribution in [2.75, 3.05) is 0 Å². The quantitative estimate of drug-likeness (QED) is 0.123. The molecular formula is C58H34N2O2S2Si. The van der Waals surface area contributed by atoms with Crippen LogP contribution in [0, 0.1) is 0 Å². The molecule has 304 valence electrons. The molecular weight excluding hydrogens is 849 g/mol. The van der Waals surface area contributed by atoms with Crippen LogP contribution in [0.15, 0.2) is 215 Å². The number of rotatable bonds is 6. The van der Waals surface area contributed by atoms with Crippen molar-refractivity contribution in [2.24, 2.45) is 0 Å². The number of aromatic nitrogens is 2. The Morgan fingerprint density at radius 1 is 0.354 bits per heavy atom. The third-order valence-corrected chi connectivity index (χ3v) is 20.8. The van der Waals surface area contributed by atoms with Crippen molar-refractivity contribution >= 4 is 136 Å². The van der Waals surface area contributed by atoms with Crippen LogP contribution in [0.4, 0.5) is 0 Å². The summed E-state index contributed by atoms with van der Waals surface area (Å²) < 4.78 is 18.6. The summed E-state index contributed by atoms with van der Waals surface area (Å²) in [7, 11) is -3.14. The Labute approximate surface area is 381 Å². The summed E-state index contributed by atoms with van der Waals surface area (Å²) >= 11 is 3.69. The first-order chi connectivity index (χ1) is 32.2. The van der Waals surface area contributed by atoms with Crippen LogP contribution in [0.25, 0.3) is 107 Å². The van der Waals surface area contributed by atoms with Gasteiger partial charge in [0.1, 0.15) is 22.4 Å². The molecule has 6 heterocycles. The molecule has 4 nitrogen and oxygen atoms in total. The molecule has 0 saturated carbocycles. The van der Waals surface area contributed by atoms with E-state index in [9.17, 15) is 0 Å². The fourth-order valence-corrected chi connectivity index (χ4v) is 18.4. The maximum absolute atomic E-state index is 7.18. The summed E-state index contributed by atoms with van der Waals surface area (Å²) in [6, 6.07) is 70.5. The highest BCUT2D eigenvalue weighted by Gasteiger charge is 2.45. The number of pyridine rings is 2. The number of benzene rings is 8. The molecule has 6 aromatic heterocycles. The number of thiophene rings is 2. The summed E-state index contributed by atoms with van der Waals surface area (Å²) in [4.78, 5) is 9.91. The average Bonchev–Trinajstić information content (AvgIpc) is 4.15. The zero-order chi connectivity index (χ0) is 42.6. The van der Waals surface area contributed by atoms with Gasteiger partial charge in [-0.1, -0.05) is 140 Å². The van der Waals surface area contributed by atoms with Crippen molar-refractivity contribution in [3.63, 3.8) is 0 Å². The van der Waals surface area contributed by atoms with E-state index < -0.39 is 8.07 Å². The Hall–Kier alpha value is -7.68. The van der Waals surface area contributed by atoms with Crippen LogP contribution in [0.5, 0.6) is 0 Å². The molecule has 0 atom stereocenters. The van der Waals surface area contributed by atoms with Gasteiger partial charge in [0.05, 0.1) is 10.4 Å². The summed E-state index contributed by atoms with van der Waals surface area (Å²) in [6.45, 7) is 0. The lowest BCUT2D eigenvalue weighted by Crippen LogP contribution is -2.74. The normalized spacial score (nSPS) is 12.3. The molecule has 65 heavy (non-hydrogen) atoms. The fraction of sp³-hybridized carbons (Fsp3) is 0. The molecule has 8 aromatic carbocycles. The number of nitrogens with zero attached hydrogens (tertiary/aromatic N) is 2. The molecule has 0 saturated heterocycles. The minimum atomic E-state index is -3.14.